The zero-order valence-electron chi connectivity index (χ0n) is 1.66. The number of hydrogen-bond acceptors (Lipinski definition) is 1. The molecule has 4 radical (unpaired) electrons. The van der Waals surface area contributed by atoms with Crippen molar-refractivity contribution in [3.63, 3.8) is 0 Å². The van der Waals surface area contributed by atoms with Crippen molar-refractivity contribution in [3.8, 4) is 0 Å². The van der Waals surface area contributed by atoms with Crippen LogP contribution >= 0.6 is 23.7 Å². The van der Waals surface area contributed by atoms with Crippen molar-refractivity contribution in [2.45, 2.75) is 0 Å². The predicted molar refractivity (Wildman–Crippen MR) is 18.5 cm³/mol. The Labute approximate surface area is 51.5 Å². The summed E-state index contributed by atoms with van der Waals surface area (Å²) in [6.45, 7) is 0. The van der Waals surface area contributed by atoms with Crippen LogP contribution in [-0.2, 0) is 3.84 Å². The van der Waals surface area contributed by atoms with E-state index in [9.17, 15) is 0 Å². The van der Waals surface area contributed by atoms with Gasteiger partial charge in [-0.1, -0.05) is 0 Å². The van der Waals surface area contributed by atoms with E-state index >= 15 is 0 Å². The normalized spacial score (nSPS) is 4.50. The molecule has 0 unspecified atom stereocenters. The van der Waals surface area contributed by atoms with E-state index in [1.165, 1.54) is 0 Å². The smallest absolute Gasteiger partial charge is 0.0832 e. The molecule has 0 spiro atoms. The Balaban J connectivity index is 0. The van der Waals surface area contributed by atoms with Gasteiger partial charge in [0.05, 0.1) is 23.7 Å². The number of hydrogen-bond donors (Lipinski definition) is 0. The second-order valence-electron chi connectivity index (χ2n) is 0.0583. The molecule has 0 aliphatic carbocycles. The summed E-state index contributed by atoms with van der Waals surface area (Å²) in [6, 6.07) is 0. The van der Waals surface area contributed by atoms with E-state index in [0.717, 1.165) is 0 Å². The van der Waals surface area contributed by atoms with Crippen LogP contribution < -0.4 is 0 Å². The van der Waals surface area contributed by atoms with E-state index in [1.807, 2.05) is 0 Å². The Hall–Kier alpha value is 1.34. The monoisotopic (exact) mass is 206 g/mol. The molecule has 0 atom stereocenters. The van der Waals surface area contributed by atoms with E-state index in [0.29, 0.717) is 0 Å². The maximum Gasteiger partial charge on any atom is 0.0832 e. The molecule has 1 nitrogen and oxygen atoms in total. The Morgan fingerprint density at radius 1 is 1.25 bits per heavy atom. The van der Waals surface area contributed by atoms with Gasteiger partial charge in [-0.25, -0.2) is 0 Å². The van der Waals surface area contributed by atoms with Gasteiger partial charge in [-0.05, 0) is 0 Å². The van der Waals surface area contributed by atoms with Gasteiger partial charge in [0.2, 0.25) is 0 Å². The fraction of sp³-hybridized carbons (Fsp3) is 0. The first kappa shape index (κ1) is 9.02. The second kappa shape index (κ2) is 8.84. The molecule has 4 heavy (non-hydrogen) atoms. The molecule has 0 aromatic heterocycles. The van der Waals surface area contributed by atoms with Crippen LogP contribution in [0.25, 0.3) is 0 Å². The third-order valence-electron chi connectivity index (χ3n) is 0. The molecule has 0 aliphatic rings. The molecule has 0 N–H and O–H groups in total. The molecule has 0 bridgehead atoms. The van der Waals surface area contributed by atoms with Crippen molar-refractivity contribution in [2.75, 3.05) is 0 Å². The fourth-order valence-electron chi connectivity index (χ4n) is 0. The minimum atomic E-state index is 0. The summed E-state index contributed by atoms with van der Waals surface area (Å²) < 4.78 is 3.19. The van der Waals surface area contributed by atoms with Crippen LogP contribution in [0.4, 0.5) is 0 Å². The van der Waals surface area contributed by atoms with Gasteiger partial charge >= 0.3 is 0 Å². The molecule has 0 amide bonds. The zero-order valence-corrected chi connectivity index (χ0v) is 6.03. The first-order valence-corrected chi connectivity index (χ1v) is 0.926. The Bertz CT molecular complexity index is 6.00. The third-order valence-corrected chi connectivity index (χ3v) is 0. The zero-order chi connectivity index (χ0) is 2.71. The first-order valence-electron chi connectivity index (χ1n) is 0.309. The molecular formula is Cl2OSn. The van der Waals surface area contributed by atoms with Crippen LogP contribution in [0.5, 0.6) is 0 Å². The minimum Gasteiger partial charge on any atom is -0.166 e. The van der Waals surface area contributed by atoms with Crippen LogP contribution in [0, 0.1) is 0 Å². The average molecular weight is 206 g/mol. The molecule has 4 heteroatoms. The summed E-state index contributed by atoms with van der Waals surface area (Å²) in [5.74, 6) is 0. The van der Waals surface area contributed by atoms with Crippen LogP contribution in [-0.4, -0.2) is 23.9 Å². The summed E-state index contributed by atoms with van der Waals surface area (Å²) >= 11 is 8.53. The Morgan fingerprint density at radius 2 is 1.25 bits per heavy atom. The average Bonchev–Trinajstić information content (AvgIpc) is 0.918. The van der Waals surface area contributed by atoms with E-state index < -0.39 is 0 Å². The Kier molecular flexibility index (Phi) is 19.9. The molecule has 0 aliphatic heterocycles. The number of rotatable bonds is 0. The van der Waals surface area contributed by atoms with Crippen LogP contribution in [0.15, 0.2) is 0 Å². The van der Waals surface area contributed by atoms with E-state index in [4.69, 9.17) is 0 Å². The molecule has 0 fully saturated rings. The van der Waals surface area contributed by atoms with Crippen LogP contribution in [0.3, 0.4) is 0 Å². The van der Waals surface area contributed by atoms with Gasteiger partial charge in [0.25, 0.3) is 0 Å². The largest absolute Gasteiger partial charge is 0.166 e. The van der Waals surface area contributed by atoms with Gasteiger partial charge in [0.1, 0.15) is 0 Å². The Morgan fingerprint density at radius 3 is 1.25 bits per heavy atom. The molecule has 0 saturated heterocycles. The van der Waals surface area contributed by atoms with Gasteiger partial charge in [-0.2, -0.15) is 3.84 Å². The molecule has 0 rings (SSSR count). The van der Waals surface area contributed by atoms with Gasteiger partial charge in [-0.15, -0.1) is 0 Å². The second-order valence-corrected chi connectivity index (χ2v) is 0.525. The third kappa shape index (κ3) is 10.2. The quantitative estimate of drug-likeness (QED) is 0.535. The summed E-state index contributed by atoms with van der Waals surface area (Å²) in [6.07, 6.45) is 0. The van der Waals surface area contributed by atoms with Crippen molar-refractivity contribution in [3.05, 3.63) is 0 Å². The van der Waals surface area contributed by atoms with Crippen molar-refractivity contribution in [1.82, 2.24) is 0 Å². The summed E-state index contributed by atoms with van der Waals surface area (Å²) in [5.41, 5.74) is 0. The molecular weight excluding hydrogens is 206 g/mol. The van der Waals surface area contributed by atoms with Crippen LogP contribution in [0.1, 0.15) is 0 Å². The SMILES string of the molecule is ClOCl.[Sn]. The molecule has 24 valence electrons. The van der Waals surface area contributed by atoms with Gasteiger partial charge < -0.3 is 0 Å². The van der Waals surface area contributed by atoms with Crippen molar-refractivity contribution >= 4 is 47.6 Å². The maximum absolute atomic E-state index is 4.26. The molecule has 0 aromatic carbocycles. The molecule has 0 aromatic rings. The maximum atomic E-state index is 4.26. The topological polar surface area (TPSA) is 9.23 Å². The van der Waals surface area contributed by atoms with Gasteiger partial charge in [0, 0.05) is 23.9 Å². The standard InChI is InChI=1S/Cl2O.Sn/c1-3-2;. The van der Waals surface area contributed by atoms with Crippen molar-refractivity contribution in [2.24, 2.45) is 0 Å². The fourth-order valence-corrected chi connectivity index (χ4v) is 0. The molecule has 0 heterocycles. The number of halogens is 2. The van der Waals surface area contributed by atoms with E-state index in [2.05, 4.69) is 27.6 Å². The van der Waals surface area contributed by atoms with E-state index in [1.54, 1.807) is 0 Å². The van der Waals surface area contributed by atoms with Gasteiger partial charge in [0.15, 0.2) is 0 Å². The van der Waals surface area contributed by atoms with Crippen LogP contribution in [0.2, 0.25) is 0 Å². The summed E-state index contributed by atoms with van der Waals surface area (Å²) in [4.78, 5) is 0. The first-order chi connectivity index (χ1) is 1.41. The van der Waals surface area contributed by atoms with Gasteiger partial charge in [-0.3, -0.25) is 0 Å². The summed E-state index contributed by atoms with van der Waals surface area (Å²) in [5, 5.41) is 0. The molecule has 0 saturated carbocycles. The van der Waals surface area contributed by atoms with E-state index in [-0.39, 0.29) is 23.9 Å². The van der Waals surface area contributed by atoms with Crippen molar-refractivity contribution in [1.29, 1.82) is 0 Å². The summed E-state index contributed by atoms with van der Waals surface area (Å²) in [7, 11) is 0. The minimum absolute atomic E-state index is 0. The predicted octanol–water partition coefficient (Wildman–Crippen LogP) is 0.930. The van der Waals surface area contributed by atoms with Crippen molar-refractivity contribution < 1.29 is 3.84 Å².